The highest BCUT2D eigenvalue weighted by atomic mass is 35.5. The number of rotatable bonds is 8. The first-order valence-corrected chi connectivity index (χ1v) is 11.0. The molecule has 0 spiro atoms. The van der Waals surface area contributed by atoms with Gasteiger partial charge in [-0.25, -0.2) is 13.2 Å². The smallest absolute Gasteiger partial charge is 0.255 e. The van der Waals surface area contributed by atoms with Crippen molar-refractivity contribution in [3.8, 4) is 0 Å². The minimum absolute atomic E-state index is 0.169. The van der Waals surface area contributed by atoms with E-state index in [1.807, 2.05) is 6.08 Å². The zero-order valence-electron chi connectivity index (χ0n) is 16.4. The Labute approximate surface area is 187 Å². The fourth-order valence-corrected chi connectivity index (χ4v) is 3.31. The van der Waals surface area contributed by atoms with E-state index in [1.165, 1.54) is 17.8 Å². The van der Waals surface area contributed by atoms with Gasteiger partial charge in [-0.15, -0.1) is 18.3 Å². The molecule has 30 heavy (non-hydrogen) atoms. The van der Waals surface area contributed by atoms with Gasteiger partial charge in [-0.2, -0.15) is 0 Å². The van der Waals surface area contributed by atoms with Crippen molar-refractivity contribution in [2.24, 2.45) is 11.1 Å². The molecule has 0 aliphatic heterocycles. The average molecular weight is 479 g/mol. The molecule has 2 aromatic carbocycles. The lowest BCUT2D eigenvalue weighted by Crippen LogP contribution is -2.12. The summed E-state index contributed by atoms with van der Waals surface area (Å²) in [7, 11) is 0. The fraction of sp³-hybridized carbons (Fsp3) is 0.250. The van der Waals surface area contributed by atoms with E-state index in [0.717, 1.165) is 18.6 Å². The Bertz CT molecular complexity index is 849. The first-order chi connectivity index (χ1) is 14.2. The van der Waals surface area contributed by atoms with E-state index in [1.54, 1.807) is 18.4 Å². The van der Waals surface area contributed by atoms with Crippen molar-refractivity contribution in [1.82, 2.24) is 0 Å². The quantitative estimate of drug-likeness (QED) is 0.150. The number of hydrogen-bond acceptors (Lipinski definition) is 5. The number of allylic oxidation sites excluding steroid dienone is 1. The third-order valence-electron chi connectivity index (χ3n) is 3.64. The van der Waals surface area contributed by atoms with Crippen LogP contribution in [0.3, 0.4) is 0 Å². The highest BCUT2D eigenvalue weighted by Crippen LogP contribution is 2.26. The van der Waals surface area contributed by atoms with E-state index in [2.05, 4.69) is 18.8 Å². The highest BCUT2D eigenvalue weighted by molar-refractivity contribution is 7.98. The molecule has 1 amide bonds. The van der Waals surface area contributed by atoms with Crippen LogP contribution in [0.5, 0.6) is 0 Å². The van der Waals surface area contributed by atoms with E-state index in [4.69, 9.17) is 20.9 Å². The molecule has 0 saturated heterocycles. The van der Waals surface area contributed by atoms with Crippen molar-refractivity contribution < 1.29 is 22.1 Å². The molecular formula is C20H22ClF3N2O2S2. The Hall–Kier alpha value is -1.65. The molecule has 1 atom stereocenters. The molecule has 0 aromatic heterocycles. The third-order valence-corrected chi connectivity index (χ3v) is 5.14. The van der Waals surface area contributed by atoms with Gasteiger partial charge in [0.2, 0.25) is 0 Å². The van der Waals surface area contributed by atoms with Crippen molar-refractivity contribution in [2.75, 3.05) is 18.2 Å². The standard InChI is InChI=1S/C14H9ClF3NOS.C6H13NOS/c1-21-12-4-7(2-3-9(12)15)14(20)19-8-5-10(16)13(18)11(17)6-8;1-3-4-6(2)5-8-9-7/h2-6H,1H3,(H,19,20);3,6H,1,4-5,7H2,2H3. The Morgan fingerprint density at radius 1 is 1.30 bits per heavy atom. The van der Waals surface area contributed by atoms with Gasteiger partial charge in [-0.05, 0) is 36.8 Å². The summed E-state index contributed by atoms with van der Waals surface area (Å²) in [6, 6.07) is 6.00. The summed E-state index contributed by atoms with van der Waals surface area (Å²) >= 11 is 8.21. The number of hydrogen-bond donors (Lipinski definition) is 2. The van der Waals surface area contributed by atoms with Gasteiger partial charge < -0.3 is 9.50 Å². The molecule has 0 saturated carbocycles. The van der Waals surface area contributed by atoms with Gasteiger partial charge in [-0.3, -0.25) is 9.93 Å². The second-order valence-corrected chi connectivity index (χ2v) is 7.75. The topological polar surface area (TPSA) is 64.3 Å². The number of nitrogens with one attached hydrogen (secondary N) is 1. The van der Waals surface area contributed by atoms with E-state index in [-0.39, 0.29) is 11.3 Å². The summed E-state index contributed by atoms with van der Waals surface area (Å²) in [5, 5.41) is 7.84. The normalized spacial score (nSPS) is 11.3. The van der Waals surface area contributed by atoms with Crippen LogP contribution in [-0.2, 0) is 4.18 Å². The summed E-state index contributed by atoms with van der Waals surface area (Å²) in [5.41, 5.74) is 0.103. The first kappa shape index (κ1) is 26.4. The maximum Gasteiger partial charge on any atom is 0.255 e. The largest absolute Gasteiger partial charge is 0.322 e. The first-order valence-electron chi connectivity index (χ1n) is 8.62. The molecule has 0 bridgehead atoms. The molecule has 3 N–H and O–H groups in total. The SMILES string of the molecule is C=CCC(C)COSN.CSc1cc(C(=O)Nc2cc(F)c(F)c(F)c2)ccc1Cl. The number of thioether (sulfide) groups is 1. The second kappa shape index (κ2) is 13.6. The molecule has 2 aromatic rings. The summed E-state index contributed by atoms with van der Waals surface area (Å²) in [4.78, 5) is 12.7. The lowest BCUT2D eigenvalue weighted by atomic mass is 10.1. The highest BCUT2D eigenvalue weighted by Gasteiger charge is 2.14. The number of benzene rings is 2. The van der Waals surface area contributed by atoms with Crippen molar-refractivity contribution in [2.45, 2.75) is 18.2 Å². The lowest BCUT2D eigenvalue weighted by Gasteiger charge is -2.08. The molecule has 1 unspecified atom stereocenters. The van der Waals surface area contributed by atoms with Crippen molar-refractivity contribution in [3.63, 3.8) is 0 Å². The van der Waals surface area contributed by atoms with Crippen LogP contribution in [0.2, 0.25) is 5.02 Å². The van der Waals surface area contributed by atoms with Crippen LogP contribution in [0, 0.1) is 23.4 Å². The Kier molecular flexibility index (Phi) is 12.0. The average Bonchev–Trinajstić information content (AvgIpc) is 2.71. The Morgan fingerprint density at radius 3 is 2.47 bits per heavy atom. The van der Waals surface area contributed by atoms with Crippen molar-refractivity contribution in [1.29, 1.82) is 0 Å². The van der Waals surface area contributed by atoms with Gasteiger partial charge in [-0.1, -0.05) is 24.6 Å². The molecule has 164 valence electrons. The van der Waals surface area contributed by atoms with Crippen LogP contribution in [0.4, 0.5) is 18.9 Å². The minimum Gasteiger partial charge on any atom is -0.322 e. The molecule has 4 nitrogen and oxygen atoms in total. The number of amides is 1. The summed E-state index contributed by atoms with van der Waals surface area (Å²) in [6.45, 7) is 6.41. The number of nitrogens with two attached hydrogens (primary N) is 1. The van der Waals surface area contributed by atoms with Crippen LogP contribution in [-0.4, -0.2) is 18.8 Å². The summed E-state index contributed by atoms with van der Waals surface area (Å²) in [5.74, 6) is -4.37. The van der Waals surface area contributed by atoms with E-state index in [0.29, 0.717) is 34.6 Å². The lowest BCUT2D eigenvalue weighted by molar-refractivity contribution is 0.102. The third kappa shape index (κ3) is 8.61. The van der Waals surface area contributed by atoms with Crippen molar-refractivity contribution in [3.05, 3.63) is 71.0 Å². The zero-order chi connectivity index (χ0) is 22.7. The van der Waals surface area contributed by atoms with Crippen LogP contribution >= 0.6 is 35.6 Å². The number of carbonyl (C=O) groups is 1. The minimum atomic E-state index is -1.58. The van der Waals surface area contributed by atoms with Gasteiger partial charge in [0.1, 0.15) is 0 Å². The van der Waals surface area contributed by atoms with Crippen molar-refractivity contribution >= 4 is 47.2 Å². The molecule has 2 rings (SSSR count). The van der Waals surface area contributed by atoms with Gasteiger partial charge in [0.25, 0.3) is 5.91 Å². The molecule has 0 aliphatic carbocycles. The van der Waals surface area contributed by atoms with Crippen LogP contribution in [0.1, 0.15) is 23.7 Å². The maximum absolute atomic E-state index is 13.1. The Balaban J connectivity index is 0.000000424. The molecule has 0 heterocycles. The van der Waals surface area contributed by atoms with Gasteiger partial charge in [0, 0.05) is 28.3 Å². The molecule has 0 aliphatic rings. The zero-order valence-corrected chi connectivity index (χ0v) is 18.8. The summed E-state index contributed by atoms with van der Waals surface area (Å²) in [6.07, 6.45) is 4.67. The molecular weight excluding hydrogens is 457 g/mol. The Morgan fingerprint density at radius 2 is 1.93 bits per heavy atom. The second-order valence-electron chi connectivity index (χ2n) is 6.07. The number of halogens is 4. The van der Waals surface area contributed by atoms with Crippen LogP contribution < -0.4 is 10.5 Å². The van der Waals surface area contributed by atoms with Gasteiger partial charge in [0.05, 0.1) is 23.9 Å². The van der Waals surface area contributed by atoms with Gasteiger partial charge >= 0.3 is 0 Å². The van der Waals surface area contributed by atoms with Gasteiger partial charge in [0.15, 0.2) is 17.5 Å². The molecule has 10 heteroatoms. The summed E-state index contributed by atoms with van der Waals surface area (Å²) < 4.78 is 43.9. The van der Waals surface area contributed by atoms with Crippen LogP contribution in [0.25, 0.3) is 0 Å². The fourth-order valence-electron chi connectivity index (χ4n) is 2.14. The van der Waals surface area contributed by atoms with Crippen LogP contribution in [0.15, 0.2) is 47.9 Å². The molecule has 0 radical (unpaired) electrons. The predicted octanol–water partition coefficient (Wildman–Crippen LogP) is 6.47. The number of anilines is 1. The maximum atomic E-state index is 13.1. The van der Waals surface area contributed by atoms with E-state index in [9.17, 15) is 18.0 Å². The molecule has 0 fully saturated rings. The van der Waals surface area contributed by atoms with E-state index < -0.39 is 23.4 Å². The van der Waals surface area contributed by atoms with E-state index >= 15 is 0 Å². The number of carbonyl (C=O) groups excluding carboxylic acids is 1. The predicted molar refractivity (Wildman–Crippen MR) is 119 cm³/mol. The monoisotopic (exact) mass is 478 g/mol.